The first kappa shape index (κ1) is 66.8. The van der Waals surface area contributed by atoms with E-state index in [4.69, 9.17) is 14.2 Å². The SMILES string of the molecule is CC/C=C\C/C=C\C/C=C\C/C=C\C/C=C\C/C=C\CCC(=O)OC[C@@H](COCCCCCCCCCCCCCCCCCC)OC(=O)CCCCCCCCCCC/C=C\C/C=C\CCCCC. The van der Waals surface area contributed by atoms with Crippen LogP contribution < -0.4 is 0 Å². The Morgan fingerprint density at radius 1 is 0.329 bits per heavy atom. The molecule has 0 aromatic rings. The zero-order chi connectivity index (χ0) is 50.6. The molecule has 402 valence electrons. The van der Waals surface area contributed by atoms with Crippen LogP contribution in [0.4, 0.5) is 0 Å². The lowest BCUT2D eigenvalue weighted by atomic mass is 10.0. The van der Waals surface area contributed by atoms with E-state index in [1.807, 2.05) is 6.08 Å². The molecule has 0 amide bonds. The van der Waals surface area contributed by atoms with Gasteiger partial charge in [-0.2, -0.15) is 0 Å². The van der Waals surface area contributed by atoms with Crippen LogP contribution in [0.2, 0.25) is 0 Å². The molecule has 0 bridgehead atoms. The van der Waals surface area contributed by atoms with Crippen molar-refractivity contribution in [2.24, 2.45) is 0 Å². The summed E-state index contributed by atoms with van der Waals surface area (Å²) >= 11 is 0. The van der Waals surface area contributed by atoms with Gasteiger partial charge in [0.2, 0.25) is 0 Å². The molecule has 5 nitrogen and oxygen atoms in total. The van der Waals surface area contributed by atoms with Crippen molar-refractivity contribution in [1.82, 2.24) is 0 Å². The largest absolute Gasteiger partial charge is 0.462 e. The molecule has 0 aliphatic carbocycles. The first-order chi connectivity index (χ1) is 34.6. The summed E-state index contributed by atoms with van der Waals surface area (Å²) < 4.78 is 17.4. The van der Waals surface area contributed by atoms with Gasteiger partial charge in [-0.1, -0.05) is 272 Å². The number of hydrogen-bond donors (Lipinski definition) is 0. The third-order valence-electron chi connectivity index (χ3n) is 12.6. The number of ether oxygens (including phenoxy) is 3. The highest BCUT2D eigenvalue weighted by Gasteiger charge is 2.17. The lowest BCUT2D eigenvalue weighted by Crippen LogP contribution is -2.30. The Kier molecular flexibility index (Phi) is 57.4. The van der Waals surface area contributed by atoms with E-state index in [1.165, 1.54) is 161 Å². The maximum atomic E-state index is 12.9. The Balaban J connectivity index is 4.39. The minimum atomic E-state index is -0.573. The van der Waals surface area contributed by atoms with Gasteiger partial charge in [-0.3, -0.25) is 9.59 Å². The normalized spacial score (nSPS) is 12.9. The van der Waals surface area contributed by atoms with Crippen molar-refractivity contribution in [3.63, 3.8) is 0 Å². The first-order valence-corrected chi connectivity index (χ1v) is 29.8. The van der Waals surface area contributed by atoms with Gasteiger partial charge in [0.25, 0.3) is 0 Å². The molecular weight excluding hydrogens is 861 g/mol. The molecule has 0 aromatic carbocycles. The van der Waals surface area contributed by atoms with Crippen LogP contribution in [0.1, 0.15) is 278 Å². The Labute approximate surface area is 434 Å². The molecule has 0 aliphatic rings. The highest BCUT2D eigenvalue weighted by molar-refractivity contribution is 5.70. The first-order valence-electron chi connectivity index (χ1n) is 29.8. The fourth-order valence-corrected chi connectivity index (χ4v) is 8.21. The molecular formula is C65H112O5. The summed E-state index contributed by atoms with van der Waals surface area (Å²) in [6.45, 7) is 7.64. The van der Waals surface area contributed by atoms with Crippen molar-refractivity contribution in [2.75, 3.05) is 19.8 Å². The maximum Gasteiger partial charge on any atom is 0.306 e. The van der Waals surface area contributed by atoms with Gasteiger partial charge in [0.15, 0.2) is 6.10 Å². The number of rotatable bonds is 54. The molecule has 0 heterocycles. The quantitative estimate of drug-likeness (QED) is 0.0345. The summed E-state index contributed by atoms with van der Waals surface area (Å²) in [6, 6.07) is 0. The van der Waals surface area contributed by atoms with E-state index >= 15 is 0 Å². The van der Waals surface area contributed by atoms with E-state index in [-0.39, 0.29) is 25.2 Å². The topological polar surface area (TPSA) is 61.8 Å². The van der Waals surface area contributed by atoms with Gasteiger partial charge >= 0.3 is 11.9 Å². The number of esters is 2. The Hall–Kier alpha value is -3.18. The maximum absolute atomic E-state index is 12.9. The molecule has 0 aliphatic heterocycles. The number of unbranched alkanes of at least 4 members (excludes halogenated alkanes) is 27. The van der Waals surface area contributed by atoms with E-state index in [9.17, 15) is 9.59 Å². The summed E-state index contributed by atoms with van der Waals surface area (Å²) in [5.74, 6) is -0.492. The van der Waals surface area contributed by atoms with Crippen LogP contribution in [-0.4, -0.2) is 37.9 Å². The van der Waals surface area contributed by atoms with Gasteiger partial charge in [0.1, 0.15) is 6.61 Å². The monoisotopic (exact) mass is 973 g/mol. The molecule has 0 rings (SSSR count). The molecule has 0 fully saturated rings. The lowest BCUT2D eigenvalue weighted by Gasteiger charge is -2.18. The van der Waals surface area contributed by atoms with Crippen LogP contribution in [0.15, 0.2) is 97.2 Å². The standard InChI is InChI=1S/C65H112O5/c1-4-7-10-13-16-19-22-25-28-31-33-35-37-40-43-46-49-52-55-58-64(66)69-62-63(61-68-60-57-54-51-48-45-42-39-30-27-24-21-18-15-12-9-6-3)70-65(67)59-56-53-50-47-44-41-38-36-34-32-29-26-23-20-17-14-11-8-5-2/h7,10,16-17,19-20,25-26,28-29,33,35,40,43,49,52,63H,4-6,8-9,11-15,18,21-24,27,30-32,34,36-39,41-42,44-48,50-51,53-62H2,1-3H3/b10-7-,19-16-,20-17-,28-25-,29-26-,35-33-,43-40-,52-49-/t63-/m1/s1. The molecule has 0 unspecified atom stereocenters. The van der Waals surface area contributed by atoms with Crippen molar-refractivity contribution in [3.8, 4) is 0 Å². The van der Waals surface area contributed by atoms with Gasteiger partial charge in [-0.25, -0.2) is 0 Å². The van der Waals surface area contributed by atoms with Gasteiger partial charge in [-0.05, 0) is 89.9 Å². The summed E-state index contributed by atoms with van der Waals surface area (Å²) in [6.07, 6.45) is 81.6. The third-order valence-corrected chi connectivity index (χ3v) is 12.6. The Morgan fingerprint density at radius 2 is 0.671 bits per heavy atom. The average Bonchev–Trinajstić information content (AvgIpc) is 3.36. The second-order valence-electron chi connectivity index (χ2n) is 19.5. The molecule has 0 N–H and O–H groups in total. The minimum Gasteiger partial charge on any atom is -0.462 e. The highest BCUT2D eigenvalue weighted by Crippen LogP contribution is 2.15. The second kappa shape index (κ2) is 60.1. The third kappa shape index (κ3) is 57.4. The molecule has 0 radical (unpaired) electrons. The number of hydrogen-bond acceptors (Lipinski definition) is 5. The van der Waals surface area contributed by atoms with Crippen LogP contribution in [0.25, 0.3) is 0 Å². The predicted molar refractivity (Wildman–Crippen MR) is 306 cm³/mol. The van der Waals surface area contributed by atoms with Gasteiger partial charge < -0.3 is 14.2 Å². The van der Waals surface area contributed by atoms with E-state index in [0.717, 1.165) is 77.0 Å². The molecule has 1 atom stereocenters. The molecule has 70 heavy (non-hydrogen) atoms. The van der Waals surface area contributed by atoms with Crippen molar-refractivity contribution >= 4 is 11.9 Å². The van der Waals surface area contributed by atoms with Crippen molar-refractivity contribution in [3.05, 3.63) is 97.2 Å². The lowest BCUT2D eigenvalue weighted by molar-refractivity contribution is -0.162. The molecule has 0 saturated carbocycles. The summed E-state index contributed by atoms with van der Waals surface area (Å²) in [7, 11) is 0. The fourth-order valence-electron chi connectivity index (χ4n) is 8.21. The highest BCUT2D eigenvalue weighted by atomic mass is 16.6. The second-order valence-corrected chi connectivity index (χ2v) is 19.5. The van der Waals surface area contributed by atoms with Crippen LogP contribution in [0.3, 0.4) is 0 Å². The number of carbonyl (C=O) groups is 2. The van der Waals surface area contributed by atoms with Crippen molar-refractivity contribution < 1.29 is 23.8 Å². The minimum absolute atomic E-state index is 0.0418. The van der Waals surface area contributed by atoms with Gasteiger partial charge in [0, 0.05) is 19.4 Å². The molecule has 0 aromatic heterocycles. The Morgan fingerprint density at radius 3 is 1.11 bits per heavy atom. The zero-order valence-corrected chi connectivity index (χ0v) is 46.3. The summed E-state index contributed by atoms with van der Waals surface area (Å²) in [5.41, 5.74) is 0. The summed E-state index contributed by atoms with van der Waals surface area (Å²) in [5, 5.41) is 0. The summed E-state index contributed by atoms with van der Waals surface area (Å²) in [4.78, 5) is 25.5. The van der Waals surface area contributed by atoms with Crippen LogP contribution >= 0.6 is 0 Å². The van der Waals surface area contributed by atoms with Gasteiger partial charge in [0.05, 0.1) is 6.61 Å². The smallest absolute Gasteiger partial charge is 0.306 e. The van der Waals surface area contributed by atoms with E-state index in [1.54, 1.807) is 0 Å². The van der Waals surface area contributed by atoms with E-state index in [2.05, 4.69) is 112 Å². The number of carbonyl (C=O) groups excluding carboxylic acids is 2. The van der Waals surface area contributed by atoms with Gasteiger partial charge in [-0.15, -0.1) is 0 Å². The van der Waals surface area contributed by atoms with E-state index in [0.29, 0.717) is 25.9 Å². The zero-order valence-electron chi connectivity index (χ0n) is 46.3. The fraction of sp³-hybridized carbons (Fsp3) is 0.723. The Bertz CT molecular complexity index is 1330. The predicted octanol–water partition coefficient (Wildman–Crippen LogP) is 20.6. The molecule has 0 spiro atoms. The van der Waals surface area contributed by atoms with Crippen molar-refractivity contribution in [1.29, 1.82) is 0 Å². The molecule has 0 saturated heterocycles. The van der Waals surface area contributed by atoms with E-state index < -0.39 is 6.10 Å². The number of allylic oxidation sites excluding steroid dienone is 16. The van der Waals surface area contributed by atoms with Crippen molar-refractivity contribution in [2.45, 2.75) is 284 Å². The van der Waals surface area contributed by atoms with Crippen LogP contribution in [0, 0.1) is 0 Å². The average molecular weight is 974 g/mol. The molecule has 5 heteroatoms. The van der Waals surface area contributed by atoms with Crippen LogP contribution in [0.5, 0.6) is 0 Å². The van der Waals surface area contributed by atoms with Crippen LogP contribution in [-0.2, 0) is 23.8 Å².